The molecule has 0 aliphatic carbocycles. The third-order valence-electron chi connectivity index (χ3n) is 1.66. The van der Waals surface area contributed by atoms with E-state index in [1.807, 2.05) is 34.6 Å². The van der Waals surface area contributed by atoms with E-state index < -0.39 is 6.10 Å². The van der Waals surface area contributed by atoms with Crippen LogP contribution in [0.15, 0.2) is 0 Å². The maximum Gasteiger partial charge on any atom is 0.251 e. The maximum absolute atomic E-state index is 11.3. The predicted octanol–water partition coefficient (Wildman–Crippen LogP) is 0.935. The van der Waals surface area contributed by atoms with E-state index in [0.29, 0.717) is 12.5 Å². The van der Waals surface area contributed by atoms with Crippen LogP contribution in [-0.4, -0.2) is 35.9 Å². The fourth-order valence-corrected chi connectivity index (χ4v) is 0.827. The number of aliphatic hydroxyl groups is 1. The van der Waals surface area contributed by atoms with Gasteiger partial charge in [0.2, 0.25) is 0 Å². The van der Waals surface area contributed by atoms with E-state index >= 15 is 0 Å². The van der Waals surface area contributed by atoms with Gasteiger partial charge in [-0.1, -0.05) is 13.8 Å². The highest BCUT2D eigenvalue weighted by Gasteiger charge is 2.19. The third kappa shape index (κ3) is 8.39. The van der Waals surface area contributed by atoms with Crippen LogP contribution in [0.1, 0.15) is 34.6 Å². The molecule has 0 aliphatic heterocycles. The van der Waals surface area contributed by atoms with E-state index in [-0.39, 0.29) is 18.1 Å². The highest BCUT2D eigenvalue weighted by Crippen LogP contribution is 2.07. The first kappa shape index (κ1) is 14.4. The van der Waals surface area contributed by atoms with E-state index in [0.717, 1.165) is 0 Å². The number of carbonyl (C=O) groups is 1. The van der Waals surface area contributed by atoms with E-state index in [1.54, 1.807) is 0 Å². The molecule has 0 spiro atoms. The van der Waals surface area contributed by atoms with Gasteiger partial charge in [-0.15, -0.1) is 0 Å². The minimum atomic E-state index is -1.08. The molecule has 0 rings (SSSR count). The first-order valence-electron chi connectivity index (χ1n) is 5.32. The van der Waals surface area contributed by atoms with Gasteiger partial charge >= 0.3 is 0 Å². The van der Waals surface area contributed by atoms with Crippen LogP contribution in [0.3, 0.4) is 0 Å². The van der Waals surface area contributed by atoms with Crippen LogP contribution in [0.4, 0.5) is 0 Å². The normalized spacial score (nSPS) is 14.1. The summed E-state index contributed by atoms with van der Waals surface area (Å²) in [4.78, 5) is 11.3. The van der Waals surface area contributed by atoms with Gasteiger partial charge in [-0.2, -0.15) is 0 Å². The average Bonchev–Trinajstić information content (AvgIpc) is 2.08. The molecule has 0 aromatic heterocycles. The van der Waals surface area contributed by atoms with Gasteiger partial charge in [0.05, 0.1) is 12.2 Å². The van der Waals surface area contributed by atoms with Gasteiger partial charge in [0.25, 0.3) is 5.91 Å². The van der Waals surface area contributed by atoms with Gasteiger partial charge in [0.1, 0.15) is 0 Å². The molecule has 15 heavy (non-hydrogen) atoms. The highest BCUT2D eigenvalue weighted by atomic mass is 16.5. The lowest BCUT2D eigenvalue weighted by Crippen LogP contribution is -2.40. The fraction of sp³-hybridized carbons (Fsp3) is 0.909. The number of aliphatic hydroxyl groups excluding tert-OH is 1. The smallest absolute Gasteiger partial charge is 0.251 e. The summed E-state index contributed by atoms with van der Waals surface area (Å²) in [7, 11) is 0. The summed E-state index contributed by atoms with van der Waals surface area (Å²) in [5.41, 5.74) is -0.334. The summed E-state index contributed by atoms with van der Waals surface area (Å²) in [6.07, 6.45) is -1.08. The van der Waals surface area contributed by atoms with Crippen LogP contribution in [0.2, 0.25) is 0 Å². The summed E-state index contributed by atoms with van der Waals surface area (Å²) < 4.78 is 5.31. The lowest BCUT2D eigenvalue weighted by molar-refractivity contribution is -0.135. The van der Waals surface area contributed by atoms with Crippen molar-refractivity contribution in [2.75, 3.05) is 13.2 Å². The van der Waals surface area contributed by atoms with Crippen LogP contribution < -0.4 is 5.32 Å². The molecule has 4 heteroatoms. The molecule has 0 saturated carbocycles. The lowest BCUT2D eigenvalue weighted by Gasteiger charge is -2.21. The van der Waals surface area contributed by atoms with Gasteiger partial charge in [0.15, 0.2) is 6.10 Å². The number of rotatable bonds is 5. The third-order valence-corrected chi connectivity index (χ3v) is 1.66. The summed E-state index contributed by atoms with van der Waals surface area (Å²) in [6.45, 7) is 10.2. The van der Waals surface area contributed by atoms with E-state index in [2.05, 4.69) is 5.32 Å². The Labute approximate surface area is 92.0 Å². The zero-order valence-electron chi connectivity index (χ0n) is 10.3. The standard InChI is InChI=1S/C11H23NO3/c1-8(2)6-12-10(14)9(13)7-15-11(3,4)5/h8-9,13H,6-7H2,1-5H3,(H,12,14)/t9-/m0/s1. The molecule has 4 nitrogen and oxygen atoms in total. The number of nitrogens with one attached hydrogen (secondary N) is 1. The van der Waals surface area contributed by atoms with Crippen molar-refractivity contribution in [3.8, 4) is 0 Å². The molecule has 1 atom stereocenters. The Hall–Kier alpha value is -0.610. The van der Waals surface area contributed by atoms with Gasteiger partial charge in [-0.05, 0) is 26.7 Å². The maximum atomic E-state index is 11.3. The van der Waals surface area contributed by atoms with E-state index in [1.165, 1.54) is 0 Å². The van der Waals surface area contributed by atoms with Crippen molar-refractivity contribution < 1.29 is 14.6 Å². The zero-order valence-corrected chi connectivity index (χ0v) is 10.3. The van der Waals surface area contributed by atoms with Gasteiger partial charge in [0, 0.05) is 6.54 Å². The van der Waals surface area contributed by atoms with Crippen molar-refractivity contribution in [2.45, 2.75) is 46.3 Å². The minimum Gasteiger partial charge on any atom is -0.381 e. The summed E-state index contributed by atoms with van der Waals surface area (Å²) >= 11 is 0. The molecule has 0 radical (unpaired) electrons. The molecule has 2 N–H and O–H groups in total. The van der Waals surface area contributed by atoms with Crippen molar-refractivity contribution >= 4 is 5.91 Å². The predicted molar refractivity (Wildman–Crippen MR) is 59.6 cm³/mol. The second-order valence-corrected chi connectivity index (χ2v) is 5.08. The first-order chi connectivity index (χ1) is 6.72. The van der Waals surface area contributed by atoms with E-state index in [9.17, 15) is 9.90 Å². The topological polar surface area (TPSA) is 58.6 Å². The van der Waals surface area contributed by atoms with Crippen LogP contribution in [-0.2, 0) is 9.53 Å². The largest absolute Gasteiger partial charge is 0.381 e. The van der Waals surface area contributed by atoms with Crippen molar-refractivity contribution in [2.24, 2.45) is 5.92 Å². The average molecular weight is 217 g/mol. The quantitative estimate of drug-likeness (QED) is 0.720. The molecule has 0 heterocycles. The van der Waals surface area contributed by atoms with Crippen LogP contribution in [0.25, 0.3) is 0 Å². The molecular weight excluding hydrogens is 194 g/mol. The summed E-state index contributed by atoms with van der Waals surface area (Å²) in [5, 5.41) is 12.1. The summed E-state index contributed by atoms with van der Waals surface area (Å²) in [5.74, 6) is 0.0117. The number of hydrogen-bond donors (Lipinski definition) is 2. The lowest BCUT2D eigenvalue weighted by atomic mass is 10.2. The van der Waals surface area contributed by atoms with Gasteiger partial charge in [-0.3, -0.25) is 4.79 Å². The Morgan fingerprint density at radius 2 is 1.93 bits per heavy atom. The van der Waals surface area contributed by atoms with E-state index in [4.69, 9.17) is 4.74 Å². The van der Waals surface area contributed by atoms with Crippen LogP contribution in [0.5, 0.6) is 0 Å². The molecule has 0 unspecified atom stereocenters. The van der Waals surface area contributed by atoms with Crippen molar-refractivity contribution in [1.29, 1.82) is 0 Å². The Kier molecular flexibility index (Phi) is 5.83. The van der Waals surface area contributed by atoms with Gasteiger partial charge in [-0.25, -0.2) is 0 Å². The summed E-state index contributed by atoms with van der Waals surface area (Å²) in [6, 6.07) is 0. The SMILES string of the molecule is CC(C)CNC(=O)[C@@H](O)COC(C)(C)C. The number of amides is 1. The number of hydrogen-bond acceptors (Lipinski definition) is 3. The Bertz CT molecular complexity index is 196. The molecule has 90 valence electrons. The van der Waals surface area contributed by atoms with Crippen LogP contribution in [0, 0.1) is 5.92 Å². The molecule has 0 aliphatic rings. The highest BCUT2D eigenvalue weighted by molar-refractivity contribution is 5.80. The number of carbonyl (C=O) groups excluding carboxylic acids is 1. The molecule has 0 saturated heterocycles. The second kappa shape index (κ2) is 6.08. The fourth-order valence-electron chi connectivity index (χ4n) is 0.827. The molecule has 0 fully saturated rings. The Morgan fingerprint density at radius 3 is 2.33 bits per heavy atom. The Balaban J connectivity index is 3.79. The second-order valence-electron chi connectivity index (χ2n) is 5.08. The molecule has 1 amide bonds. The molecule has 0 aromatic carbocycles. The molecule has 0 bridgehead atoms. The van der Waals surface area contributed by atoms with Gasteiger partial charge < -0.3 is 15.2 Å². The minimum absolute atomic E-state index is 0.0351. The van der Waals surface area contributed by atoms with Crippen molar-refractivity contribution in [1.82, 2.24) is 5.32 Å². The monoisotopic (exact) mass is 217 g/mol. The van der Waals surface area contributed by atoms with Crippen molar-refractivity contribution in [3.63, 3.8) is 0 Å². The number of ether oxygens (including phenoxy) is 1. The zero-order chi connectivity index (χ0) is 12.1. The Morgan fingerprint density at radius 1 is 1.40 bits per heavy atom. The van der Waals surface area contributed by atoms with Crippen LogP contribution >= 0.6 is 0 Å². The first-order valence-corrected chi connectivity index (χ1v) is 5.32. The van der Waals surface area contributed by atoms with Crippen molar-refractivity contribution in [3.05, 3.63) is 0 Å². The molecule has 0 aromatic rings. The molecular formula is C11H23NO3.